The average Bonchev–Trinajstić information content (AvgIpc) is 2.51. The summed E-state index contributed by atoms with van der Waals surface area (Å²) in [5.41, 5.74) is 4.98. The highest BCUT2D eigenvalue weighted by atomic mass is 15.1. The largest absolute Gasteiger partial charge is 0.384 e. The molecule has 2 aromatic carbocycles. The second-order valence-corrected chi connectivity index (χ2v) is 5.89. The Hall–Kier alpha value is -2.00. The average molecular weight is 297 g/mol. The van der Waals surface area contributed by atoms with E-state index in [0.717, 1.165) is 26.2 Å². The maximum Gasteiger partial charge on any atom is 0.0340 e. The monoisotopic (exact) mass is 297 g/mol. The standard InChI is InChI=1S/C19H27N3/c1-16-4-8-18(9-5-16)20-12-14-22(3)15-13-21-19-10-6-17(2)7-11-19/h4-11,20-21H,12-15H2,1-3H3. The molecule has 2 N–H and O–H groups in total. The molecule has 3 heteroatoms. The van der Waals surface area contributed by atoms with Crippen LogP contribution in [0.25, 0.3) is 0 Å². The topological polar surface area (TPSA) is 27.3 Å². The lowest BCUT2D eigenvalue weighted by Crippen LogP contribution is -2.29. The third-order valence-electron chi connectivity index (χ3n) is 3.75. The highest BCUT2D eigenvalue weighted by Crippen LogP contribution is 2.09. The number of hydrogen-bond acceptors (Lipinski definition) is 3. The number of rotatable bonds is 8. The zero-order chi connectivity index (χ0) is 15.8. The van der Waals surface area contributed by atoms with E-state index < -0.39 is 0 Å². The molecule has 118 valence electrons. The van der Waals surface area contributed by atoms with Crippen LogP contribution in [0.3, 0.4) is 0 Å². The molecule has 22 heavy (non-hydrogen) atoms. The summed E-state index contributed by atoms with van der Waals surface area (Å²) in [6.07, 6.45) is 0. The molecule has 0 saturated carbocycles. The summed E-state index contributed by atoms with van der Waals surface area (Å²) in [6.45, 7) is 8.21. The number of anilines is 2. The van der Waals surface area contributed by atoms with Gasteiger partial charge in [-0.05, 0) is 45.2 Å². The molecule has 0 unspecified atom stereocenters. The fourth-order valence-electron chi connectivity index (χ4n) is 2.24. The minimum absolute atomic E-state index is 0.962. The summed E-state index contributed by atoms with van der Waals surface area (Å²) >= 11 is 0. The molecule has 0 bridgehead atoms. The predicted molar refractivity (Wildman–Crippen MR) is 96.8 cm³/mol. The number of nitrogens with zero attached hydrogens (tertiary/aromatic N) is 1. The van der Waals surface area contributed by atoms with Gasteiger partial charge in [0, 0.05) is 37.6 Å². The fraction of sp³-hybridized carbons (Fsp3) is 0.368. The second-order valence-electron chi connectivity index (χ2n) is 5.89. The van der Waals surface area contributed by atoms with Gasteiger partial charge in [0.25, 0.3) is 0 Å². The first kappa shape index (κ1) is 16.4. The zero-order valence-electron chi connectivity index (χ0n) is 13.9. The number of hydrogen-bond donors (Lipinski definition) is 2. The van der Waals surface area contributed by atoms with Crippen molar-refractivity contribution in [1.29, 1.82) is 0 Å². The Morgan fingerprint density at radius 2 is 1.05 bits per heavy atom. The molecule has 0 aromatic heterocycles. The van der Waals surface area contributed by atoms with Crippen LogP contribution in [0.4, 0.5) is 11.4 Å². The summed E-state index contributed by atoms with van der Waals surface area (Å²) < 4.78 is 0. The molecule has 3 nitrogen and oxygen atoms in total. The Morgan fingerprint density at radius 3 is 1.41 bits per heavy atom. The number of aryl methyl sites for hydroxylation is 2. The lowest BCUT2D eigenvalue weighted by Gasteiger charge is -2.18. The Balaban J connectivity index is 1.60. The Labute approximate surface area is 134 Å². The van der Waals surface area contributed by atoms with Crippen molar-refractivity contribution in [3.8, 4) is 0 Å². The van der Waals surface area contributed by atoms with Gasteiger partial charge in [-0.15, -0.1) is 0 Å². The number of likely N-dealkylation sites (N-methyl/N-ethyl adjacent to an activating group) is 1. The van der Waals surface area contributed by atoms with Gasteiger partial charge in [0.15, 0.2) is 0 Å². The minimum atomic E-state index is 0.962. The Morgan fingerprint density at radius 1 is 0.682 bits per heavy atom. The van der Waals surface area contributed by atoms with Crippen LogP contribution in [0.1, 0.15) is 11.1 Å². The molecule has 0 aliphatic heterocycles. The predicted octanol–water partition coefficient (Wildman–Crippen LogP) is 3.76. The van der Waals surface area contributed by atoms with E-state index in [1.807, 2.05) is 0 Å². The van der Waals surface area contributed by atoms with Crippen LogP contribution in [-0.4, -0.2) is 38.1 Å². The Kier molecular flexibility index (Phi) is 6.28. The highest BCUT2D eigenvalue weighted by Gasteiger charge is 1.98. The molecule has 0 aliphatic rings. The molecule has 2 rings (SSSR count). The zero-order valence-corrected chi connectivity index (χ0v) is 13.9. The normalized spacial score (nSPS) is 10.7. The van der Waals surface area contributed by atoms with E-state index in [2.05, 4.69) is 85.0 Å². The molecule has 0 radical (unpaired) electrons. The number of benzene rings is 2. The molecule has 0 heterocycles. The van der Waals surface area contributed by atoms with E-state index in [1.165, 1.54) is 22.5 Å². The van der Waals surface area contributed by atoms with E-state index >= 15 is 0 Å². The molecule has 0 spiro atoms. The van der Waals surface area contributed by atoms with Crippen LogP contribution >= 0.6 is 0 Å². The van der Waals surface area contributed by atoms with Crippen molar-refractivity contribution in [1.82, 2.24) is 4.90 Å². The fourth-order valence-corrected chi connectivity index (χ4v) is 2.24. The third-order valence-corrected chi connectivity index (χ3v) is 3.75. The third kappa shape index (κ3) is 5.78. The second kappa shape index (κ2) is 8.44. The van der Waals surface area contributed by atoms with E-state index in [1.54, 1.807) is 0 Å². The van der Waals surface area contributed by atoms with Crippen molar-refractivity contribution in [2.24, 2.45) is 0 Å². The van der Waals surface area contributed by atoms with Gasteiger partial charge in [-0.25, -0.2) is 0 Å². The van der Waals surface area contributed by atoms with Crippen molar-refractivity contribution in [3.63, 3.8) is 0 Å². The van der Waals surface area contributed by atoms with Crippen LogP contribution in [0.5, 0.6) is 0 Å². The van der Waals surface area contributed by atoms with Crippen LogP contribution in [0.15, 0.2) is 48.5 Å². The highest BCUT2D eigenvalue weighted by molar-refractivity contribution is 5.45. The van der Waals surface area contributed by atoms with Crippen molar-refractivity contribution < 1.29 is 0 Å². The maximum absolute atomic E-state index is 3.46. The molecule has 0 aliphatic carbocycles. The van der Waals surface area contributed by atoms with Crippen molar-refractivity contribution in [3.05, 3.63) is 59.7 Å². The molecule has 0 atom stereocenters. The lowest BCUT2D eigenvalue weighted by molar-refractivity contribution is 0.361. The smallest absolute Gasteiger partial charge is 0.0340 e. The summed E-state index contributed by atoms with van der Waals surface area (Å²) in [5.74, 6) is 0. The van der Waals surface area contributed by atoms with E-state index in [9.17, 15) is 0 Å². The van der Waals surface area contributed by atoms with Crippen molar-refractivity contribution in [2.75, 3.05) is 43.9 Å². The first-order chi connectivity index (χ1) is 10.6. The summed E-state index contributed by atoms with van der Waals surface area (Å²) in [7, 11) is 2.16. The van der Waals surface area contributed by atoms with Crippen molar-refractivity contribution in [2.45, 2.75) is 13.8 Å². The van der Waals surface area contributed by atoms with Gasteiger partial charge >= 0.3 is 0 Å². The Bertz CT molecular complexity index is 494. The van der Waals surface area contributed by atoms with Gasteiger partial charge in [0.05, 0.1) is 0 Å². The molecular weight excluding hydrogens is 270 g/mol. The van der Waals surface area contributed by atoms with Gasteiger partial charge in [-0.1, -0.05) is 35.4 Å². The van der Waals surface area contributed by atoms with Gasteiger partial charge in [0.2, 0.25) is 0 Å². The van der Waals surface area contributed by atoms with Crippen LogP contribution in [0.2, 0.25) is 0 Å². The van der Waals surface area contributed by atoms with Crippen LogP contribution < -0.4 is 10.6 Å². The van der Waals surface area contributed by atoms with Crippen LogP contribution in [-0.2, 0) is 0 Å². The summed E-state index contributed by atoms with van der Waals surface area (Å²) in [5, 5.41) is 6.91. The van der Waals surface area contributed by atoms with Gasteiger partial charge in [0.1, 0.15) is 0 Å². The van der Waals surface area contributed by atoms with Gasteiger partial charge in [-0.2, -0.15) is 0 Å². The maximum atomic E-state index is 3.46. The summed E-state index contributed by atoms with van der Waals surface area (Å²) in [4.78, 5) is 2.34. The van der Waals surface area contributed by atoms with Gasteiger partial charge in [-0.3, -0.25) is 0 Å². The SMILES string of the molecule is Cc1ccc(NCCN(C)CCNc2ccc(C)cc2)cc1. The first-order valence-electron chi connectivity index (χ1n) is 7.93. The molecule has 0 saturated heterocycles. The van der Waals surface area contributed by atoms with E-state index in [-0.39, 0.29) is 0 Å². The van der Waals surface area contributed by atoms with E-state index in [0.29, 0.717) is 0 Å². The summed E-state index contributed by atoms with van der Waals surface area (Å²) in [6, 6.07) is 17.1. The van der Waals surface area contributed by atoms with Crippen molar-refractivity contribution >= 4 is 11.4 Å². The minimum Gasteiger partial charge on any atom is -0.384 e. The molecule has 0 amide bonds. The molecular formula is C19H27N3. The number of nitrogens with one attached hydrogen (secondary N) is 2. The van der Waals surface area contributed by atoms with E-state index in [4.69, 9.17) is 0 Å². The lowest BCUT2D eigenvalue weighted by atomic mass is 10.2. The molecule has 2 aromatic rings. The van der Waals surface area contributed by atoms with Crippen LogP contribution in [0, 0.1) is 13.8 Å². The quantitative estimate of drug-likeness (QED) is 0.777. The molecule has 0 fully saturated rings. The van der Waals surface area contributed by atoms with Gasteiger partial charge < -0.3 is 15.5 Å². The first-order valence-corrected chi connectivity index (χ1v) is 7.93.